The first-order valence-electron chi connectivity index (χ1n) is 1.70. The Balaban J connectivity index is 0.000000360. The molecule has 3 heteroatoms. The summed E-state index contributed by atoms with van der Waals surface area (Å²) in [6, 6.07) is 0. The summed E-state index contributed by atoms with van der Waals surface area (Å²) < 4.78 is 0. The van der Waals surface area contributed by atoms with E-state index in [0.29, 0.717) is 0 Å². The third-order valence-electron chi connectivity index (χ3n) is 0.478. The van der Waals surface area contributed by atoms with Crippen LogP contribution in [0.25, 0.3) is 0 Å². The van der Waals surface area contributed by atoms with E-state index in [0.717, 1.165) is 0 Å². The van der Waals surface area contributed by atoms with Gasteiger partial charge < -0.3 is 0 Å². The Morgan fingerprint density at radius 2 is 1.00 bits per heavy atom. The van der Waals surface area contributed by atoms with E-state index in [4.69, 9.17) is 0 Å². The van der Waals surface area contributed by atoms with Crippen LogP contribution in [0.5, 0.6) is 0 Å². The quantitative estimate of drug-likeness (QED) is 0.484. The molecule has 0 aliphatic carbocycles. The molecule has 38 valence electrons. The van der Waals surface area contributed by atoms with Crippen molar-refractivity contribution in [2.24, 2.45) is 0 Å². The van der Waals surface area contributed by atoms with Crippen molar-refractivity contribution in [1.82, 2.24) is 9.97 Å². The van der Waals surface area contributed by atoms with E-state index in [-0.39, 0.29) is 17.1 Å². The number of hydrogen-bond acceptors (Lipinski definition) is 2. The largest absolute Gasteiger partial charge is 0.262 e. The molecule has 0 radical (unpaired) electrons. The molecule has 0 saturated carbocycles. The van der Waals surface area contributed by atoms with Crippen molar-refractivity contribution < 1.29 is 17.1 Å². The monoisotopic (exact) mass is 136 g/mol. The molecular weight excluding hydrogens is 132 g/mol. The van der Waals surface area contributed by atoms with Gasteiger partial charge in [-0.1, -0.05) is 0 Å². The van der Waals surface area contributed by atoms with Gasteiger partial charge in [0.2, 0.25) is 0 Å². The van der Waals surface area contributed by atoms with Crippen molar-refractivity contribution in [2.45, 2.75) is 0 Å². The van der Waals surface area contributed by atoms with Gasteiger partial charge in [-0.05, 0) is 0 Å². The van der Waals surface area contributed by atoms with Crippen LogP contribution >= 0.6 is 0 Å². The fourth-order valence-electron chi connectivity index (χ4n) is 0.253. The third kappa shape index (κ3) is 2.31. The van der Waals surface area contributed by atoms with Gasteiger partial charge in [0.15, 0.2) is 0 Å². The molecule has 1 heterocycles. The maximum atomic E-state index is 3.72. The molecule has 0 spiro atoms. The van der Waals surface area contributed by atoms with Gasteiger partial charge in [-0.3, -0.25) is 9.97 Å². The van der Waals surface area contributed by atoms with E-state index in [1.165, 1.54) is 0 Å². The van der Waals surface area contributed by atoms with Gasteiger partial charge >= 0.3 is 0 Å². The minimum Gasteiger partial charge on any atom is -0.262 e. The Labute approximate surface area is 52.5 Å². The molecule has 0 bridgehead atoms. The van der Waals surface area contributed by atoms with Gasteiger partial charge in [0, 0.05) is 41.9 Å². The number of hydrogen-bond donors (Lipinski definition) is 0. The number of aromatic nitrogens is 2. The van der Waals surface area contributed by atoms with Crippen LogP contribution in [0.15, 0.2) is 24.8 Å². The van der Waals surface area contributed by atoms with Crippen molar-refractivity contribution in [3.8, 4) is 0 Å². The maximum Gasteiger partial charge on any atom is 0.0451 e. The molecule has 7 heavy (non-hydrogen) atoms. The molecule has 0 aromatic carbocycles. The van der Waals surface area contributed by atoms with Crippen LogP contribution in [-0.2, 0) is 17.1 Å². The standard InChI is InChI=1S/C4H4N2.Fe/c1-2-6-4-3-5-1;/h1-4H;. The Bertz CT molecular complexity index is 81.6. The summed E-state index contributed by atoms with van der Waals surface area (Å²) in [6.07, 6.45) is 6.56. The van der Waals surface area contributed by atoms with Crippen LogP contribution in [-0.4, -0.2) is 9.97 Å². The van der Waals surface area contributed by atoms with Crippen molar-refractivity contribution in [1.29, 1.82) is 0 Å². The van der Waals surface area contributed by atoms with Crippen LogP contribution < -0.4 is 0 Å². The Hall–Kier alpha value is -0.401. The summed E-state index contributed by atoms with van der Waals surface area (Å²) >= 11 is 0. The Morgan fingerprint density at radius 3 is 1.14 bits per heavy atom. The number of nitrogens with zero attached hydrogens (tertiary/aromatic N) is 2. The topological polar surface area (TPSA) is 25.8 Å². The molecule has 1 rings (SSSR count). The summed E-state index contributed by atoms with van der Waals surface area (Å²) in [5.41, 5.74) is 0. The molecule has 2 nitrogen and oxygen atoms in total. The van der Waals surface area contributed by atoms with Gasteiger partial charge in [0.25, 0.3) is 0 Å². The van der Waals surface area contributed by atoms with Crippen molar-refractivity contribution in [3.63, 3.8) is 0 Å². The van der Waals surface area contributed by atoms with Crippen molar-refractivity contribution >= 4 is 0 Å². The molecule has 0 unspecified atom stereocenters. The van der Waals surface area contributed by atoms with Gasteiger partial charge in [0.1, 0.15) is 0 Å². The summed E-state index contributed by atoms with van der Waals surface area (Å²) in [6.45, 7) is 0. The molecule has 0 saturated heterocycles. The normalized spacial score (nSPS) is 6.86. The van der Waals surface area contributed by atoms with Gasteiger partial charge in [-0.2, -0.15) is 0 Å². The molecule has 1 aromatic rings. The summed E-state index contributed by atoms with van der Waals surface area (Å²) in [7, 11) is 0. The number of rotatable bonds is 0. The van der Waals surface area contributed by atoms with E-state index in [9.17, 15) is 0 Å². The SMILES string of the molecule is [Fe].c1cnccn1. The van der Waals surface area contributed by atoms with Gasteiger partial charge in [0.05, 0.1) is 0 Å². The second kappa shape index (κ2) is 3.78. The first-order valence-corrected chi connectivity index (χ1v) is 1.70. The zero-order valence-electron chi connectivity index (χ0n) is 3.56. The molecule has 0 N–H and O–H groups in total. The fraction of sp³-hybridized carbons (Fsp3) is 0. The third-order valence-corrected chi connectivity index (χ3v) is 0.478. The molecule has 0 amide bonds. The zero-order valence-corrected chi connectivity index (χ0v) is 4.66. The minimum atomic E-state index is 0. The first kappa shape index (κ1) is 6.60. The minimum absolute atomic E-state index is 0. The van der Waals surface area contributed by atoms with E-state index in [1.807, 2.05) is 0 Å². The zero-order chi connectivity index (χ0) is 4.24. The predicted octanol–water partition coefficient (Wildman–Crippen LogP) is 0.474. The molecular formula is C4H4FeN2. The fourth-order valence-corrected chi connectivity index (χ4v) is 0.253. The Kier molecular flexibility index (Phi) is 3.56. The first-order chi connectivity index (χ1) is 3.00. The Morgan fingerprint density at radius 1 is 0.714 bits per heavy atom. The molecule has 0 aliphatic heterocycles. The summed E-state index contributed by atoms with van der Waals surface area (Å²) in [4.78, 5) is 7.44. The van der Waals surface area contributed by atoms with Gasteiger partial charge in [-0.15, -0.1) is 0 Å². The van der Waals surface area contributed by atoms with Crippen molar-refractivity contribution in [2.75, 3.05) is 0 Å². The molecule has 0 aliphatic rings. The smallest absolute Gasteiger partial charge is 0.0451 e. The second-order valence-corrected chi connectivity index (χ2v) is 0.894. The van der Waals surface area contributed by atoms with E-state index in [1.54, 1.807) is 24.8 Å². The maximum absolute atomic E-state index is 3.72. The van der Waals surface area contributed by atoms with Crippen LogP contribution in [0.4, 0.5) is 0 Å². The molecule has 0 atom stereocenters. The second-order valence-electron chi connectivity index (χ2n) is 0.894. The van der Waals surface area contributed by atoms with E-state index in [2.05, 4.69) is 9.97 Å². The van der Waals surface area contributed by atoms with Crippen LogP contribution in [0.3, 0.4) is 0 Å². The summed E-state index contributed by atoms with van der Waals surface area (Å²) in [5.74, 6) is 0. The van der Waals surface area contributed by atoms with Crippen LogP contribution in [0.1, 0.15) is 0 Å². The molecule has 0 fully saturated rings. The average Bonchev–Trinajstić information content (AvgIpc) is 1.72. The summed E-state index contributed by atoms with van der Waals surface area (Å²) in [5, 5.41) is 0. The average molecular weight is 136 g/mol. The van der Waals surface area contributed by atoms with Crippen molar-refractivity contribution in [3.05, 3.63) is 24.8 Å². The van der Waals surface area contributed by atoms with E-state index >= 15 is 0 Å². The van der Waals surface area contributed by atoms with Crippen LogP contribution in [0, 0.1) is 0 Å². The van der Waals surface area contributed by atoms with E-state index < -0.39 is 0 Å². The molecule has 1 aromatic heterocycles. The predicted molar refractivity (Wildman–Crippen MR) is 22.0 cm³/mol. The van der Waals surface area contributed by atoms with Crippen LogP contribution in [0.2, 0.25) is 0 Å². The van der Waals surface area contributed by atoms with Gasteiger partial charge in [-0.25, -0.2) is 0 Å².